The first-order chi connectivity index (χ1) is 2.00. The molecule has 0 atom stereocenters. The van der Waals surface area contributed by atoms with Crippen LogP contribution in [0.4, 0.5) is 0 Å². The van der Waals surface area contributed by atoms with Crippen LogP contribution in [0.15, 0.2) is 0 Å². The van der Waals surface area contributed by atoms with Crippen LogP contribution in [0.5, 0.6) is 0 Å². The molecule has 48 valence electrons. The Bertz CT molecular complexity index is 64.7. The maximum absolute atomic E-state index is 8.88. The molecule has 0 fully saturated rings. The third-order valence-electron chi connectivity index (χ3n) is 0. The second-order valence-electron chi connectivity index (χ2n) is 0.513. The molecule has 0 saturated heterocycles. The summed E-state index contributed by atoms with van der Waals surface area (Å²) in [4.78, 5) is 21.6. The number of hydrogen-bond acceptors (Lipinski definition) is 2. The van der Waals surface area contributed by atoms with Crippen LogP contribution in [0.25, 0.3) is 0 Å². The monoisotopic (exact) mass is 221 g/mol. The van der Waals surface area contributed by atoms with Crippen LogP contribution in [-0.2, 0) is 4.57 Å². The van der Waals surface area contributed by atoms with Crippen LogP contribution < -0.4 is 6.15 Å². The standard InChI is InChI=1S/2K.Mg.H3N.H3O4P.4H/c;;;;1-5(2,3)4;;;;/h;;;1H3;(H3,1,2,3,4);;;;. The molecule has 0 heterocycles. The van der Waals surface area contributed by atoms with E-state index in [4.69, 9.17) is 19.2 Å². The molecule has 0 unspecified atom stereocenters. The average Bonchev–Trinajstić information content (AvgIpc) is 0.722. The fraction of sp³-hybridized carbons (Fsp3) is 0. The minimum atomic E-state index is -4.64. The fourth-order valence-electron chi connectivity index (χ4n) is 0. The molecule has 0 aromatic rings. The van der Waals surface area contributed by atoms with Crippen LogP contribution in [0.1, 0.15) is 0 Å². The second kappa shape index (κ2) is 14.6. The molecule has 0 radical (unpaired) electrons. The van der Waals surface area contributed by atoms with E-state index in [1.807, 2.05) is 0 Å². The predicted octanol–water partition coefficient (Wildman–Crippen LogP) is -2.98. The van der Waals surface area contributed by atoms with Crippen LogP contribution in [0.2, 0.25) is 0 Å². The summed E-state index contributed by atoms with van der Waals surface area (Å²) < 4.78 is 8.88. The van der Waals surface area contributed by atoms with E-state index < -0.39 is 7.82 Å². The van der Waals surface area contributed by atoms with E-state index in [1.54, 1.807) is 0 Å². The molecule has 0 saturated carbocycles. The van der Waals surface area contributed by atoms with E-state index in [-0.39, 0.29) is 132 Å². The van der Waals surface area contributed by atoms with Gasteiger partial charge in [-0.1, -0.05) is 0 Å². The molecule has 0 amide bonds. The molecule has 9 heteroatoms. The van der Waals surface area contributed by atoms with Crippen molar-refractivity contribution >= 4 is 134 Å². The topological polar surface area (TPSA) is 113 Å². The Kier molecular flexibility index (Phi) is 47.5. The Labute approximate surface area is 155 Å². The normalized spacial score (nSPS) is 6.56. The van der Waals surface area contributed by atoms with Gasteiger partial charge in [0.25, 0.3) is 0 Å². The maximum Gasteiger partial charge on any atom is 0.316 e. The van der Waals surface area contributed by atoms with Crippen molar-refractivity contribution in [3.8, 4) is 0 Å². The number of rotatable bonds is 0. The summed E-state index contributed by atoms with van der Waals surface area (Å²) in [6, 6.07) is 0. The van der Waals surface area contributed by atoms with E-state index in [0.29, 0.717) is 0 Å². The Hall–Kier alpha value is 4.11. The third kappa shape index (κ3) is 73.3. The van der Waals surface area contributed by atoms with Gasteiger partial charge in [0.1, 0.15) is 0 Å². The van der Waals surface area contributed by atoms with Gasteiger partial charge in [-0.15, -0.1) is 0 Å². The fourth-order valence-corrected chi connectivity index (χ4v) is 0. The van der Waals surface area contributed by atoms with Gasteiger partial charge in [0, 0.05) is 0 Å². The molecule has 5 nitrogen and oxygen atoms in total. The van der Waals surface area contributed by atoms with E-state index in [0.717, 1.165) is 0 Å². The van der Waals surface area contributed by atoms with E-state index in [1.165, 1.54) is 0 Å². The van der Waals surface area contributed by atoms with Crippen LogP contribution in [0.3, 0.4) is 0 Å². The molecule has 6 N–H and O–H groups in total. The van der Waals surface area contributed by atoms with E-state index >= 15 is 0 Å². The molecule has 0 aliphatic heterocycles. The number of hydrogen-bond donors (Lipinski definition) is 4. The smallest absolute Gasteiger partial charge is 0.316 e. The van der Waals surface area contributed by atoms with Gasteiger partial charge < -0.3 is 20.8 Å². The van der Waals surface area contributed by atoms with Crippen LogP contribution in [0, 0.1) is 0 Å². The quantitative estimate of drug-likeness (QED) is 0.258. The summed E-state index contributed by atoms with van der Waals surface area (Å²) in [6.07, 6.45) is 0. The summed E-state index contributed by atoms with van der Waals surface area (Å²) in [7, 11) is -4.64. The molecular formula is H10K2MgNO4P. The van der Waals surface area contributed by atoms with Crippen molar-refractivity contribution in [1.82, 2.24) is 6.15 Å². The minimum Gasteiger partial charge on any atom is 0.316 e. The van der Waals surface area contributed by atoms with Gasteiger partial charge in [-0.2, -0.15) is 0 Å². The van der Waals surface area contributed by atoms with Crippen molar-refractivity contribution in [2.24, 2.45) is 0 Å². The summed E-state index contributed by atoms with van der Waals surface area (Å²) in [5.74, 6) is 0. The second-order valence-corrected chi connectivity index (χ2v) is 1.54. The summed E-state index contributed by atoms with van der Waals surface area (Å²) in [5, 5.41) is 0. The summed E-state index contributed by atoms with van der Waals surface area (Å²) in [6.45, 7) is 0. The number of phosphoric acid groups is 1. The van der Waals surface area contributed by atoms with Crippen molar-refractivity contribution in [2.45, 2.75) is 0 Å². The first-order valence-corrected chi connectivity index (χ1v) is 2.35. The molecular weight excluding hydrogens is 211 g/mol. The molecule has 0 aromatic carbocycles. The largest absolute Gasteiger partial charge is 0.316 e. The summed E-state index contributed by atoms with van der Waals surface area (Å²) >= 11 is 0. The molecule has 0 aromatic heterocycles. The van der Waals surface area contributed by atoms with Crippen molar-refractivity contribution in [3.05, 3.63) is 0 Å². The zero-order valence-corrected chi connectivity index (χ0v) is 3.80. The van der Waals surface area contributed by atoms with E-state index in [2.05, 4.69) is 0 Å². The van der Waals surface area contributed by atoms with Crippen molar-refractivity contribution in [3.63, 3.8) is 0 Å². The van der Waals surface area contributed by atoms with Gasteiger partial charge in [-0.25, -0.2) is 4.57 Å². The SMILES string of the molecule is N.O=P(O)(O)O.[KH].[KH].[MgH2]. The third-order valence-corrected chi connectivity index (χ3v) is 0. The van der Waals surface area contributed by atoms with Gasteiger partial charge in [-0.05, 0) is 0 Å². The van der Waals surface area contributed by atoms with Gasteiger partial charge in [0.15, 0.2) is 0 Å². The average molecular weight is 222 g/mol. The predicted molar refractivity (Wildman–Crippen MR) is 42.1 cm³/mol. The van der Waals surface area contributed by atoms with Crippen LogP contribution >= 0.6 is 7.82 Å². The molecule has 0 bridgehead atoms. The Morgan fingerprint density at radius 3 is 1.00 bits per heavy atom. The molecule has 0 aliphatic carbocycles. The molecule has 9 heavy (non-hydrogen) atoms. The van der Waals surface area contributed by atoms with Crippen LogP contribution in [-0.4, -0.2) is 141 Å². The zero-order chi connectivity index (χ0) is 4.50. The first-order valence-electron chi connectivity index (χ1n) is 0.783. The molecule has 0 aliphatic rings. The van der Waals surface area contributed by atoms with Gasteiger partial charge in [0.2, 0.25) is 0 Å². The summed E-state index contributed by atoms with van der Waals surface area (Å²) in [5.41, 5.74) is 0. The molecule has 0 rings (SSSR count). The van der Waals surface area contributed by atoms with Crippen molar-refractivity contribution < 1.29 is 19.2 Å². The first kappa shape index (κ1) is 29.2. The maximum atomic E-state index is 8.88. The Morgan fingerprint density at radius 2 is 1.00 bits per heavy atom. The Balaban J connectivity index is -0.0000000133. The van der Waals surface area contributed by atoms with E-state index in [9.17, 15) is 0 Å². The van der Waals surface area contributed by atoms with Gasteiger partial charge in [0.05, 0.1) is 0 Å². The van der Waals surface area contributed by atoms with Crippen molar-refractivity contribution in [1.29, 1.82) is 0 Å². The van der Waals surface area contributed by atoms with Gasteiger partial charge >= 0.3 is 134 Å². The molecule has 0 spiro atoms. The van der Waals surface area contributed by atoms with Crippen molar-refractivity contribution in [2.75, 3.05) is 0 Å². The minimum absolute atomic E-state index is 0. The zero-order valence-electron chi connectivity index (χ0n) is 2.90. The van der Waals surface area contributed by atoms with Gasteiger partial charge in [-0.3, -0.25) is 0 Å². The Morgan fingerprint density at radius 1 is 1.00 bits per heavy atom.